The number of nitrogens with two attached hydrogens (primary N) is 1. The SMILES string of the molecule is CCCCN(CC)C(CN)c1cc(Cl)c(OC)c(OC)c1. The third-order valence-electron chi connectivity index (χ3n) is 3.71. The normalized spacial score (nSPS) is 12.5. The summed E-state index contributed by atoms with van der Waals surface area (Å²) >= 11 is 6.30. The van der Waals surface area contributed by atoms with Gasteiger partial charge in [-0.3, -0.25) is 4.90 Å². The van der Waals surface area contributed by atoms with Gasteiger partial charge in [0.15, 0.2) is 11.5 Å². The molecular formula is C16H27ClN2O2. The molecule has 0 fully saturated rings. The molecule has 4 nitrogen and oxygen atoms in total. The van der Waals surface area contributed by atoms with E-state index in [2.05, 4.69) is 18.7 Å². The van der Waals surface area contributed by atoms with Gasteiger partial charge in [-0.2, -0.15) is 0 Å². The van der Waals surface area contributed by atoms with Gasteiger partial charge in [-0.15, -0.1) is 0 Å². The highest BCUT2D eigenvalue weighted by molar-refractivity contribution is 6.32. The van der Waals surface area contributed by atoms with E-state index in [1.54, 1.807) is 14.2 Å². The van der Waals surface area contributed by atoms with Crippen LogP contribution in [0.3, 0.4) is 0 Å². The summed E-state index contributed by atoms with van der Waals surface area (Å²) in [6.45, 7) is 6.87. The van der Waals surface area contributed by atoms with Crippen LogP contribution in [0.4, 0.5) is 0 Å². The molecule has 21 heavy (non-hydrogen) atoms. The van der Waals surface area contributed by atoms with Gasteiger partial charge in [0.2, 0.25) is 0 Å². The Kier molecular flexibility index (Phi) is 7.86. The number of benzene rings is 1. The molecule has 2 N–H and O–H groups in total. The van der Waals surface area contributed by atoms with Gasteiger partial charge in [0.1, 0.15) is 0 Å². The van der Waals surface area contributed by atoms with Crippen molar-refractivity contribution in [2.45, 2.75) is 32.7 Å². The minimum Gasteiger partial charge on any atom is -0.493 e. The standard InChI is InChI=1S/C16H27ClN2O2/c1-5-7-8-19(6-2)14(11-18)12-9-13(17)16(21-4)15(10-12)20-3/h9-10,14H,5-8,11,18H2,1-4H3. The van der Waals surface area contributed by atoms with E-state index in [4.69, 9.17) is 26.8 Å². The highest BCUT2D eigenvalue weighted by Crippen LogP contribution is 2.38. The number of hydrogen-bond donors (Lipinski definition) is 1. The van der Waals surface area contributed by atoms with Gasteiger partial charge in [-0.25, -0.2) is 0 Å². The lowest BCUT2D eigenvalue weighted by Crippen LogP contribution is -2.34. The fourth-order valence-electron chi connectivity index (χ4n) is 2.52. The summed E-state index contributed by atoms with van der Waals surface area (Å²) in [5.41, 5.74) is 7.08. The van der Waals surface area contributed by atoms with Gasteiger partial charge in [0.05, 0.1) is 19.2 Å². The predicted octanol–water partition coefficient (Wildman–Crippen LogP) is 3.48. The highest BCUT2D eigenvalue weighted by atomic mass is 35.5. The summed E-state index contributed by atoms with van der Waals surface area (Å²) in [5.74, 6) is 1.21. The van der Waals surface area contributed by atoms with Crippen molar-refractivity contribution in [1.29, 1.82) is 0 Å². The zero-order valence-corrected chi connectivity index (χ0v) is 14.2. The second-order valence-corrected chi connectivity index (χ2v) is 5.38. The third-order valence-corrected chi connectivity index (χ3v) is 3.99. The van der Waals surface area contributed by atoms with Crippen LogP contribution in [-0.4, -0.2) is 38.8 Å². The van der Waals surface area contributed by atoms with Gasteiger partial charge in [-0.05, 0) is 37.2 Å². The highest BCUT2D eigenvalue weighted by Gasteiger charge is 2.21. The predicted molar refractivity (Wildman–Crippen MR) is 88.5 cm³/mol. The summed E-state index contributed by atoms with van der Waals surface area (Å²) in [4.78, 5) is 2.38. The average Bonchev–Trinajstić information content (AvgIpc) is 2.50. The van der Waals surface area contributed by atoms with Crippen LogP contribution in [0, 0.1) is 0 Å². The van der Waals surface area contributed by atoms with Crippen LogP contribution in [0.2, 0.25) is 5.02 Å². The molecule has 5 heteroatoms. The lowest BCUT2D eigenvalue weighted by Gasteiger charge is -2.30. The number of likely N-dealkylation sites (N-methyl/N-ethyl adjacent to an activating group) is 1. The molecule has 1 aromatic carbocycles. The fraction of sp³-hybridized carbons (Fsp3) is 0.625. The molecule has 0 amide bonds. The molecule has 0 radical (unpaired) electrons. The Morgan fingerprint density at radius 1 is 1.24 bits per heavy atom. The van der Waals surface area contributed by atoms with Crippen molar-refractivity contribution in [1.82, 2.24) is 4.90 Å². The quantitative estimate of drug-likeness (QED) is 0.758. The fourth-order valence-corrected chi connectivity index (χ4v) is 2.82. The maximum atomic E-state index is 6.30. The first-order chi connectivity index (χ1) is 10.1. The van der Waals surface area contributed by atoms with E-state index < -0.39 is 0 Å². The molecule has 0 aromatic heterocycles. The molecule has 0 aliphatic carbocycles. The van der Waals surface area contributed by atoms with E-state index in [9.17, 15) is 0 Å². The molecule has 0 aliphatic rings. The zero-order valence-electron chi connectivity index (χ0n) is 13.5. The minimum atomic E-state index is 0.138. The van der Waals surface area contributed by atoms with E-state index in [-0.39, 0.29) is 6.04 Å². The summed E-state index contributed by atoms with van der Waals surface area (Å²) in [6.07, 6.45) is 2.33. The monoisotopic (exact) mass is 314 g/mol. The second-order valence-electron chi connectivity index (χ2n) is 4.97. The maximum absolute atomic E-state index is 6.30. The van der Waals surface area contributed by atoms with Gasteiger partial charge in [0.25, 0.3) is 0 Å². The lowest BCUT2D eigenvalue weighted by molar-refractivity contribution is 0.208. The number of nitrogens with zero attached hydrogens (tertiary/aromatic N) is 1. The largest absolute Gasteiger partial charge is 0.493 e. The Morgan fingerprint density at radius 2 is 1.95 bits per heavy atom. The Bertz CT molecular complexity index is 441. The van der Waals surface area contributed by atoms with E-state index in [0.717, 1.165) is 25.1 Å². The molecule has 0 aliphatic heterocycles. The van der Waals surface area contributed by atoms with Gasteiger partial charge in [0, 0.05) is 12.6 Å². The van der Waals surface area contributed by atoms with Crippen LogP contribution >= 0.6 is 11.6 Å². The van der Waals surface area contributed by atoms with Crippen LogP contribution in [0.25, 0.3) is 0 Å². The topological polar surface area (TPSA) is 47.7 Å². The molecule has 0 saturated heterocycles. The Morgan fingerprint density at radius 3 is 2.43 bits per heavy atom. The van der Waals surface area contributed by atoms with Crippen molar-refractivity contribution in [3.8, 4) is 11.5 Å². The molecule has 0 heterocycles. The molecule has 1 unspecified atom stereocenters. The van der Waals surface area contributed by atoms with E-state index in [0.29, 0.717) is 23.1 Å². The first-order valence-electron chi connectivity index (χ1n) is 7.48. The molecule has 1 rings (SSSR count). The van der Waals surface area contributed by atoms with Crippen LogP contribution in [0.1, 0.15) is 38.3 Å². The first kappa shape index (κ1) is 18.1. The molecule has 1 atom stereocenters. The van der Waals surface area contributed by atoms with E-state index >= 15 is 0 Å². The molecular weight excluding hydrogens is 288 g/mol. The van der Waals surface area contributed by atoms with Crippen LogP contribution < -0.4 is 15.2 Å². The molecule has 1 aromatic rings. The van der Waals surface area contributed by atoms with Crippen molar-refractivity contribution in [2.24, 2.45) is 5.73 Å². The van der Waals surface area contributed by atoms with Crippen molar-refractivity contribution >= 4 is 11.6 Å². The van der Waals surface area contributed by atoms with Crippen molar-refractivity contribution in [3.05, 3.63) is 22.7 Å². The summed E-state index contributed by atoms with van der Waals surface area (Å²) in [6, 6.07) is 4.03. The Balaban J connectivity index is 3.12. The Hall–Kier alpha value is -0.970. The number of unbranched alkanes of at least 4 members (excludes halogenated alkanes) is 1. The van der Waals surface area contributed by atoms with E-state index in [1.165, 1.54) is 6.42 Å². The molecule has 0 saturated carbocycles. The molecule has 0 spiro atoms. The summed E-state index contributed by atoms with van der Waals surface area (Å²) < 4.78 is 10.7. The summed E-state index contributed by atoms with van der Waals surface area (Å²) in [5, 5.41) is 0.553. The number of rotatable bonds is 9. The zero-order chi connectivity index (χ0) is 15.8. The van der Waals surface area contributed by atoms with Crippen molar-refractivity contribution in [2.75, 3.05) is 33.9 Å². The van der Waals surface area contributed by atoms with Crippen LogP contribution in [-0.2, 0) is 0 Å². The number of ether oxygens (including phenoxy) is 2. The number of halogens is 1. The first-order valence-corrected chi connectivity index (χ1v) is 7.86. The third kappa shape index (κ3) is 4.50. The Labute approximate surface area is 133 Å². The maximum Gasteiger partial charge on any atom is 0.179 e. The summed E-state index contributed by atoms with van der Waals surface area (Å²) in [7, 11) is 3.20. The van der Waals surface area contributed by atoms with Crippen LogP contribution in [0.5, 0.6) is 11.5 Å². The molecule has 120 valence electrons. The van der Waals surface area contributed by atoms with Gasteiger partial charge >= 0.3 is 0 Å². The van der Waals surface area contributed by atoms with Gasteiger partial charge in [-0.1, -0.05) is 31.9 Å². The minimum absolute atomic E-state index is 0.138. The number of methoxy groups -OCH3 is 2. The van der Waals surface area contributed by atoms with Crippen LogP contribution in [0.15, 0.2) is 12.1 Å². The smallest absolute Gasteiger partial charge is 0.179 e. The second kappa shape index (κ2) is 9.13. The van der Waals surface area contributed by atoms with Gasteiger partial charge < -0.3 is 15.2 Å². The molecule has 0 bridgehead atoms. The van der Waals surface area contributed by atoms with Crippen molar-refractivity contribution in [3.63, 3.8) is 0 Å². The van der Waals surface area contributed by atoms with E-state index in [1.807, 2.05) is 12.1 Å². The van der Waals surface area contributed by atoms with Crippen molar-refractivity contribution < 1.29 is 9.47 Å². The number of hydrogen-bond acceptors (Lipinski definition) is 4. The lowest BCUT2D eigenvalue weighted by atomic mass is 10.0. The average molecular weight is 315 g/mol.